The van der Waals surface area contributed by atoms with Gasteiger partial charge in [0.1, 0.15) is 5.75 Å². The summed E-state index contributed by atoms with van der Waals surface area (Å²) in [5, 5.41) is 6.71. The Kier molecular flexibility index (Phi) is 5.14. The zero-order valence-electron chi connectivity index (χ0n) is 13.3. The van der Waals surface area contributed by atoms with Gasteiger partial charge < -0.3 is 14.6 Å². The third-order valence-electron chi connectivity index (χ3n) is 3.41. The van der Waals surface area contributed by atoms with E-state index in [2.05, 4.69) is 29.3 Å². The SMILES string of the molecule is Cc1nc(COc2ccc(C(=O)NC(C)C(C)C)cc2)no1. The molecular weight excluding hydrogens is 282 g/mol. The Morgan fingerprint density at radius 3 is 2.50 bits per heavy atom. The zero-order valence-corrected chi connectivity index (χ0v) is 13.3. The van der Waals surface area contributed by atoms with Gasteiger partial charge >= 0.3 is 0 Å². The highest BCUT2D eigenvalue weighted by atomic mass is 16.5. The number of nitrogens with one attached hydrogen (secondary N) is 1. The van der Waals surface area contributed by atoms with Gasteiger partial charge in [0.2, 0.25) is 11.7 Å². The van der Waals surface area contributed by atoms with Gasteiger partial charge in [-0.25, -0.2) is 0 Å². The number of nitrogens with zero attached hydrogens (tertiary/aromatic N) is 2. The summed E-state index contributed by atoms with van der Waals surface area (Å²) < 4.78 is 10.4. The van der Waals surface area contributed by atoms with Crippen LogP contribution in [-0.2, 0) is 6.61 Å². The number of rotatable bonds is 6. The lowest BCUT2D eigenvalue weighted by atomic mass is 10.1. The van der Waals surface area contributed by atoms with Crippen molar-refractivity contribution in [3.63, 3.8) is 0 Å². The Balaban J connectivity index is 1.91. The molecule has 0 aliphatic rings. The van der Waals surface area contributed by atoms with Crippen LogP contribution in [0.5, 0.6) is 5.75 Å². The molecule has 2 rings (SSSR count). The minimum absolute atomic E-state index is 0.0819. The first-order valence-electron chi connectivity index (χ1n) is 7.28. The molecule has 1 heterocycles. The van der Waals surface area contributed by atoms with E-state index in [9.17, 15) is 4.79 Å². The van der Waals surface area contributed by atoms with E-state index < -0.39 is 0 Å². The predicted molar refractivity (Wildman–Crippen MR) is 81.6 cm³/mol. The first-order chi connectivity index (χ1) is 10.5. The molecular formula is C16H21N3O3. The van der Waals surface area contributed by atoms with Crippen molar-refractivity contribution >= 4 is 5.91 Å². The zero-order chi connectivity index (χ0) is 16.1. The Morgan fingerprint density at radius 2 is 1.95 bits per heavy atom. The van der Waals surface area contributed by atoms with Crippen molar-refractivity contribution in [1.29, 1.82) is 0 Å². The van der Waals surface area contributed by atoms with Crippen LogP contribution < -0.4 is 10.1 Å². The molecule has 0 saturated heterocycles. The van der Waals surface area contributed by atoms with Gasteiger partial charge in [-0.05, 0) is 37.1 Å². The molecule has 1 atom stereocenters. The van der Waals surface area contributed by atoms with Gasteiger partial charge in [0.25, 0.3) is 5.91 Å². The van der Waals surface area contributed by atoms with E-state index in [-0.39, 0.29) is 18.6 Å². The number of aryl methyl sites for hydroxylation is 1. The fourth-order valence-corrected chi connectivity index (χ4v) is 1.71. The first-order valence-corrected chi connectivity index (χ1v) is 7.28. The van der Waals surface area contributed by atoms with Crippen LogP contribution in [0.25, 0.3) is 0 Å². The van der Waals surface area contributed by atoms with E-state index in [4.69, 9.17) is 9.26 Å². The number of hydrogen-bond acceptors (Lipinski definition) is 5. The third-order valence-corrected chi connectivity index (χ3v) is 3.41. The highest BCUT2D eigenvalue weighted by molar-refractivity contribution is 5.94. The van der Waals surface area contributed by atoms with Gasteiger partial charge in [0.05, 0.1) is 0 Å². The molecule has 1 N–H and O–H groups in total. The Bertz CT molecular complexity index is 620. The summed E-state index contributed by atoms with van der Waals surface area (Å²) in [5.41, 5.74) is 0.607. The Hall–Kier alpha value is -2.37. The van der Waals surface area contributed by atoms with Crippen LogP contribution in [0.4, 0.5) is 0 Å². The van der Waals surface area contributed by atoms with Crippen molar-refractivity contribution in [2.75, 3.05) is 0 Å². The van der Waals surface area contributed by atoms with Crippen LogP contribution in [0.2, 0.25) is 0 Å². The Morgan fingerprint density at radius 1 is 1.27 bits per heavy atom. The Labute approximate surface area is 129 Å². The van der Waals surface area contributed by atoms with Crippen LogP contribution in [0.3, 0.4) is 0 Å². The van der Waals surface area contributed by atoms with Crippen molar-refractivity contribution in [3.8, 4) is 5.75 Å². The fraction of sp³-hybridized carbons (Fsp3) is 0.438. The van der Waals surface area contributed by atoms with E-state index in [1.54, 1.807) is 31.2 Å². The minimum Gasteiger partial charge on any atom is -0.485 e. The van der Waals surface area contributed by atoms with Gasteiger partial charge in [-0.15, -0.1) is 0 Å². The van der Waals surface area contributed by atoms with Gasteiger partial charge in [-0.2, -0.15) is 4.98 Å². The summed E-state index contributed by atoms with van der Waals surface area (Å²) in [4.78, 5) is 16.1. The second kappa shape index (κ2) is 7.06. The lowest BCUT2D eigenvalue weighted by Crippen LogP contribution is -2.36. The predicted octanol–water partition coefficient (Wildman–Crippen LogP) is 2.73. The van der Waals surface area contributed by atoms with Crippen molar-refractivity contribution in [2.45, 2.75) is 40.3 Å². The summed E-state index contributed by atoms with van der Waals surface area (Å²) in [6.45, 7) is 8.09. The van der Waals surface area contributed by atoms with Crippen LogP contribution in [0, 0.1) is 12.8 Å². The molecule has 0 spiro atoms. The largest absolute Gasteiger partial charge is 0.485 e. The molecule has 2 aromatic rings. The second-order valence-corrected chi connectivity index (χ2v) is 5.55. The van der Waals surface area contributed by atoms with Crippen LogP contribution in [0.1, 0.15) is 42.8 Å². The number of aromatic nitrogens is 2. The average Bonchev–Trinajstić information content (AvgIpc) is 2.91. The molecule has 0 aliphatic carbocycles. The normalized spacial score (nSPS) is 12.2. The molecule has 0 bridgehead atoms. The topological polar surface area (TPSA) is 77.2 Å². The number of hydrogen-bond donors (Lipinski definition) is 1. The lowest BCUT2D eigenvalue weighted by molar-refractivity contribution is 0.0930. The maximum absolute atomic E-state index is 12.1. The maximum atomic E-state index is 12.1. The molecule has 1 amide bonds. The second-order valence-electron chi connectivity index (χ2n) is 5.55. The van der Waals surface area contributed by atoms with E-state index >= 15 is 0 Å². The number of amides is 1. The summed E-state index contributed by atoms with van der Waals surface area (Å²) >= 11 is 0. The molecule has 6 heteroatoms. The van der Waals surface area contributed by atoms with Gasteiger partial charge in [-0.3, -0.25) is 4.79 Å². The highest BCUT2D eigenvalue weighted by Gasteiger charge is 2.12. The monoisotopic (exact) mass is 303 g/mol. The third kappa shape index (κ3) is 4.31. The smallest absolute Gasteiger partial charge is 0.251 e. The molecule has 118 valence electrons. The standard InChI is InChI=1S/C16H21N3O3/c1-10(2)11(3)17-16(20)13-5-7-14(8-6-13)21-9-15-18-12(4)22-19-15/h5-8,10-11H,9H2,1-4H3,(H,17,20). The molecule has 6 nitrogen and oxygen atoms in total. The minimum atomic E-state index is -0.0819. The average molecular weight is 303 g/mol. The highest BCUT2D eigenvalue weighted by Crippen LogP contribution is 2.14. The lowest BCUT2D eigenvalue weighted by Gasteiger charge is -2.17. The molecule has 0 aliphatic heterocycles. The summed E-state index contributed by atoms with van der Waals surface area (Å²) in [7, 11) is 0. The van der Waals surface area contributed by atoms with E-state index in [0.717, 1.165) is 0 Å². The van der Waals surface area contributed by atoms with E-state index in [1.165, 1.54) is 0 Å². The maximum Gasteiger partial charge on any atom is 0.251 e. The molecule has 1 aromatic heterocycles. The number of carbonyl (C=O) groups is 1. The van der Waals surface area contributed by atoms with Crippen molar-refractivity contribution in [3.05, 3.63) is 41.5 Å². The molecule has 0 fully saturated rings. The van der Waals surface area contributed by atoms with Crippen LogP contribution in [-0.4, -0.2) is 22.1 Å². The fourth-order valence-electron chi connectivity index (χ4n) is 1.71. The summed E-state index contributed by atoms with van der Waals surface area (Å²) in [5.74, 6) is 1.96. The van der Waals surface area contributed by atoms with Crippen LogP contribution >= 0.6 is 0 Å². The molecule has 1 unspecified atom stereocenters. The van der Waals surface area contributed by atoms with Crippen molar-refractivity contribution < 1.29 is 14.1 Å². The van der Waals surface area contributed by atoms with E-state index in [0.29, 0.717) is 28.9 Å². The van der Waals surface area contributed by atoms with Crippen molar-refractivity contribution in [1.82, 2.24) is 15.5 Å². The summed E-state index contributed by atoms with van der Waals surface area (Å²) in [6, 6.07) is 7.10. The van der Waals surface area contributed by atoms with Gasteiger partial charge in [0.15, 0.2) is 6.61 Å². The van der Waals surface area contributed by atoms with Gasteiger partial charge in [0, 0.05) is 18.5 Å². The summed E-state index contributed by atoms with van der Waals surface area (Å²) in [6.07, 6.45) is 0. The van der Waals surface area contributed by atoms with E-state index in [1.807, 2.05) is 6.92 Å². The van der Waals surface area contributed by atoms with Gasteiger partial charge in [-0.1, -0.05) is 19.0 Å². The number of benzene rings is 1. The molecule has 1 aromatic carbocycles. The van der Waals surface area contributed by atoms with Crippen molar-refractivity contribution in [2.24, 2.45) is 5.92 Å². The first kappa shape index (κ1) is 16.0. The quantitative estimate of drug-likeness (QED) is 0.888. The molecule has 0 radical (unpaired) electrons. The van der Waals surface area contributed by atoms with Crippen LogP contribution in [0.15, 0.2) is 28.8 Å². The number of carbonyl (C=O) groups excluding carboxylic acids is 1. The number of ether oxygens (including phenoxy) is 1. The molecule has 0 saturated carbocycles. The molecule has 22 heavy (non-hydrogen) atoms.